The smallest absolute Gasteiger partial charge is 0.166 e. The van der Waals surface area contributed by atoms with Gasteiger partial charge >= 0.3 is 0 Å². The monoisotopic (exact) mass is 222 g/mol. The van der Waals surface area contributed by atoms with Crippen molar-refractivity contribution in [1.29, 1.82) is 0 Å². The van der Waals surface area contributed by atoms with Gasteiger partial charge in [0.1, 0.15) is 5.82 Å². The van der Waals surface area contributed by atoms with Crippen LogP contribution in [0, 0.1) is 0 Å². The predicted molar refractivity (Wildman–Crippen MR) is 68.1 cm³/mol. The van der Waals surface area contributed by atoms with Crippen LogP contribution in [0.2, 0.25) is 0 Å². The van der Waals surface area contributed by atoms with Crippen LogP contribution in [0.5, 0.6) is 0 Å². The molecule has 4 nitrogen and oxygen atoms in total. The summed E-state index contributed by atoms with van der Waals surface area (Å²) < 4.78 is 2.31. The van der Waals surface area contributed by atoms with E-state index < -0.39 is 0 Å². The van der Waals surface area contributed by atoms with E-state index in [1.807, 2.05) is 7.85 Å². The second-order valence-electron chi connectivity index (χ2n) is 3.96. The van der Waals surface area contributed by atoms with Gasteiger partial charge in [-0.2, -0.15) is 0 Å². The summed E-state index contributed by atoms with van der Waals surface area (Å²) in [6.07, 6.45) is 6.12. The highest BCUT2D eigenvalue weighted by molar-refractivity contribution is 7.13. The number of aromatic nitrogens is 2. The number of anilines is 1. The van der Waals surface area contributed by atoms with Gasteiger partial charge in [-0.15, -0.1) is 0 Å². The van der Waals surface area contributed by atoms with Gasteiger partial charge in [0.15, 0.2) is 7.85 Å². The first-order valence-electron chi connectivity index (χ1n) is 5.29. The Morgan fingerprint density at radius 1 is 1.53 bits per heavy atom. The molecule has 1 aromatic heterocycles. The third kappa shape index (κ3) is 2.89. The second-order valence-corrected chi connectivity index (χ2v) is 4.62. The molecule has 0 amide bonds. The maximum atomic E-state index is 4.27. The van der Waals surface area contributed by atoms with E-state index in [1.54, 1.807) is 12.4 Å². The molecule has 1 aliphatic rings. The quantitative estimate of drug-likeness (QED) is 0.547. The largest absolute Gasteiger partial charge is 0.367 e. The highest BCUT2D eigenvalue weighted by Gasteiger charge is 2.20. The van der Waals surface area contributed by atoms with E-state index in [0.717, 1.165) is 18.0 Å². The molecular weight excluding hydrogens is 206 g/mol. The number of nitrogens with zero attached hydrogens (tertiary/aromatic N) is 3. The van der Waals surface area contributed by atoms with Crippen molar-refractivity contribution in [2.24, 2.45) is 0 Å². The molecule has 0 aromatic carbocycles. The van der Waals surface area contributed by atoms with Crippen molar-refractivity contribution in [3.8, 4) is 0 Å². The Hall–Kier alpha value is -0.665. The Balaban J connectivity index is 1.85. The molecule has 0 spiro atoms. The fourth-order valence-corrected chi connectivity index (χ4v) is 2.22. The molecule has 2 rings (SSSR count). The molecule has 6 heteroatoms. The number of hydrogen-bond donors (Lipinski definition) is 1. The van der Waals surface area contributed by atoms with Gasteiger partial charge in [-0.3, -0.25) is 9.65 Å². The maximum absolute atomic E-state index is 4.27. The molecule has 0 aliphatic carbocycles. The zero-order chi connectivity index (χ0) is 10.7. The van der Waals surface area contributed by atoms with Crippen LogP contribution in [0.3, 0.4) is 0 Å². The highest BCUT2D eigenvalue weighted by atomic mass is 31.0. The maximum Gasteiger partial charge on any atom is 0.166 e. The first-order valence-corrected chi connectivity index (χ1v) is 5.81. The van der Waals surface area contributed by atoms with Gasteiger partial charge in [-0.05, 0) is 12.8 Å². The molecule has 1 N–H and O–H groups in total. The molecule has 2 atom stereocenters. The van der Waals surface area contributed by atoms with E-state index >= 15 is 0 Å². The van der Waals surface area contributed by atoms with Gasteiger partial charge in [0.25, 0.3) is 0 Å². The summed E-state index contributed by atoms with van der Waals surface area (Å²) in [6.45, 7) is 2.12. The molecule has 0 radical (unpaired) electrons. The Morgan fingerprint density at radius 3 is 3.00 bits per heavy atom. The summed E-state index contributed by atoms with van der Waals surface area (Å²) in [4.78, 5) is 8.46. The normalized spacial score (nSPS) is 21.8. The van der Waals surface area contributed by atoms with E-state index in [-0.39, 0.29) is 0 Å². The van der Waals surface area contributed by atoms with Gasteiger partial charge in [-0.1, -0.05) is 9.39 Å². The van der Waals surface area contributed by atoms with E-state index in [1.165, 1.54) is 19.4 Å². The van der Waals surface area contributed by atoms with Crippen molar-refractivity contribution in [3.63, 3.8) is 0 Å². The van der Waals surface area contributed by atoms with Crippen LogP contribution in [0.25, 0.3) is 0 Å². The van der Waals surface area contributed by atoms with Crippen molar-refractivity contribution < 1.29 is 0 Å². The zero-order valence-corrected chi connectivity index (χ0v) is 10.1. The highest BCUT2D eigenvalue weighted by Crippen LogP contribution is 2.20. The minimum absolute atomic E-state index is 0.609. The lowest BCUT2D eigenvalue weighted by Crippen LogP contribution is -2.28. The summed E-state index contributed by atoms with van der Waals surface area (Å²) in [5, 5.41) is 3.32. The van der Waals surface area contributed by atoms with Crippen LogP contribution in [0.15, 0.2) is 12.4 Å². The standard InChI is InChI=1S/C9H16BN4P/c10-8-5-13-9(6-11-8)12-4-7-2-1-3-14(7)15/h5-7H,1-4,10,15H2,(H,12,13). The fourth-order valence-electron chi connectivity index (χ4n) is 1.78. The van der Waals surface area contributed by atoms with Gasteiger partial charge in [0, 0.05) is 30.9 Å². The molecule has 15 heavy (non-hydrogen) atoms. The van der Waals surface area contributed by atoms with Crippen LogP contribution < -0.4 is 10.9 Å². The minimum atomic E-state index is 0.609. The molecule has 1 aromatic rings. The first kappa shape index (κ1) is 10.8. The summed E-state index contributed by atoms with van der Waals surface area (Å²) >= 11 is 0. The molecular formula is C9H16BN4P. The van der Waals surface area contributed by atoms with E-state index in [0.29, 0.717) is 6.04 Å². The lowest BCUT2D eigenvalue weighted by Gasteiger charge is -2.19. The molecule has 0 saturated carbocycles. The van der Waals surface area contributed by atoms with Gasteiger partial charge in [0.05, 0.1) is 6.20 Å². The number of nitrogens with one attached hydrogen (secondary N) is 1. The van der Waals surface area contributed by atoms with Crippen LogP contribution >= 0.6 is 9.39 Å². The second kappa shape index (κ2) is 4.91. The van der Waals surface area contributed by atoms with Gasteiger partial charge in [0.2, 0.25) is 0 Å². The van der Waals surface area contributed by atoms with Gasteiger partial charge < -0.3 is 5.32 Å². The fraction of sp³-hybridized carbons (Fsp3) is 0.556. The van der Waals surface area contributed by atoms with Crippen molar-refractivity contribution in [2.45, 2.75) is 18.9 Å². The Labute approximate surface area is 93.5 Å². The molecule has 1 saturated heterocycles. The average Bonchev–Trinajstić information content (AvgIpc) is 2.63. The van der Waals surface area contributed by atoms with E-state index in [2.05, 4.69) is 29.3 Å². The molecule has 80 valence electrons. The summed E-state index contributed by atoms with van der Waals surface area (Å²) in [5.74, 6) is 0.867. The topological polar surface area (TPSA) is 41.1 Å². The molecule has 1 aliphatic heterocycles. The predicted octanol–water partition coefficient (Wildman–Crippen LogP) is -0.599. The van der Waals surface area contributed by atoms with Crippen LogP contribution in [-0.4, -0.2) is 41.6 Å². The third-order valence-corrected chi connectivity index (χ3v) is 3.40. The molecule has 1 fully saturated rings. The summed E-state index contributed by atoms with van der Waals surface area (Å²) in [5.41, 5.74) is 0.953. The lowest BCUT2D eigenvalue weighted by atomic mass is 10.1. The SMILES string of the molecule is Bc1cnc(NCC2CCCN2P)cn1. The lowest BCUT2D eigenvalue weighted by molar-refractivity contribution is 0.451. The third-order valence-electron chi connectivity index (χ3n) is 2.72. The van der Waals surface area contributed by atoms with Crippen LogP contribution in [-0.2, 0) is 0 Å². The molecule has 0 bridgehead atoms. The average molecular weight is 222 g/mol. The summed E-state index contributed by atoms with van der Waals surface area (Å²) in [6, 6.07) is 0.609. The zero-order valence-electron chi connectivity index (χ0n) is 8.98. The molecule has 2 unspecified atom stereocenters. The molecule has 2 heterocycles. The van der Waals surface area contributed by atoms with Crippen LogP contribution in [0.1, 0.15) is 12.8 Å². The van der Waals surface area contributed by atoms with Gasteiger partial charge in [-0.25, -0.2) is 4.98 Å². The van der Waals surface area contributed by atoms with E-state index in [4.69, 9.17) is 0 Å². The van der Waals surface area contributed by atoms with Crippen molar-refractivity contribution in [2.75, 3.05) is 18.4 Å². The van der Waals surface area contributed by atoms with Crippen molar-refractivity contribution in [1.82, 2.24) is 14.6 Å². The Bertz CT molecular complexity index is 318. The summed E-state index contributed by atoms with van der Waals surface area (Å²) in [7, 11) is 4.73. The first-order chi connectivity index (χ1) is 7.25. The van der Waals surface area contributed by atoms with E-state index in [9.17, 15) is 0 Å². The van der Waals surface area contributed by atoms with Crippen molar-refractivity contribution >= 4 is 28.6 Å². The Kier molecular flexibility index (Phi) is 3.55. The van der Waals surface area contributed by atoms with Crippen LogP contribution in [0.4, 0.5) is 5.82 Å². The number of hydrogen-bond acceptors (Lipinski definition) is 4. The Morgan fingerprint density at radius 2 is 2.40 bits per heavy atom. The van der Waals surface area contributed by atoms with Crippen molar-refractivity contribution in [3.05, 3.63) is 12.4 Å². The minimum Gasteiger partial charge on any atom is -0.367 e. The number of rotatable bonds is 3.